The first-order chi connectivity index (χ1) is 8.96. The summed E-state index contributed by atoms with van der Waals surface area (Å²) in [5, 5.41) is 1.83. The number of rotatable bonds is 4. The van der Waals surface area contributed by atoms with Crippen molar-refractivity contribution in [2.45, 2.75) is 40.3 Å². The van der Waals surface area contributed by atoms with Crippen LogP contribution in [0, 0.1) is 12.3 Å². The van der Waals surface area contributed by atoms with E-state index in [0.717, 1.165) is 12.1 Å². The standard InChI is InChI=1S/C15H22N2O2/c1-5-10-19-14-15(3,4)13(18)16-17(14)12-8-6-11(2)7-9-12/h6-9,14H,5,10H2,1-4H3,(H,16,18). The third kappa shape index (κ3) is 2.59. The average Bonchev–Trinajstić information content (AvgIpc) is 2.59. The maximum atomic E-state index is 12.1. The Balaban J connectivity index is 2.27. The molecule has 1 fully saturated rings. The van der Waals surface area contributed by atoms with E-state index in [1.165, 1.54) is 5.56 Å². The van der Waals surface area contributed by atoms with Gasteiger partial charge in [0.25, 0.3) is 0 Å². The van der Waals surface area contributed by atoms with Crippen molar-refractivity contribution < 1.29 is 9.53 Å². The number of carbonyl (C=O) groups is 1. The largest absolute Gasteiger partial charge is 0.355 e. The molecule has 1 atom stereocenters. The Bertz CT molecular complexity index is 454. The lowest BCUT2D eigenvalue weighted by atomic mass is 9.91. The second-order valence-electron chi connectivity index (χ2n) is 5.59. The van der Waals surface area contributed by atoms with Crippen molar-refractivity contribution in [2.75, 3.05) is 11.6 Å². The van der Waals surface area contributed by atoms with Crippen LogP contribution >= 0.6 is 0 Å². The lowest BCUT2D eigenvalue weighted by molar-refractivity contribution is -0.129. The van der Waals surface area contributed by atoms with Crippen LogP contribution in [-0.2, 0) is 9.53 Å². The van der Waals surface area contributed by atoms with Gasteiger partial charge in [-0.1, -0.05) is 24.6 Å². The van der Waals surface area contributed by atoms with Crippen LogP contribution in [0.15, 0.2) is 24.3 Å². The van der Waals surface area contributed by atoms with Gasteiger partial charge in [-0.05, 0) is 39.3 Å². The summed E-state index contributed by atoms with van der Waals surface area (Å²) in [7, 11) is 0. The van der Waals surface area contributed by atoms with Crippen LogP contribution in [0.1, 0.15) is 32.8 Å². The van der Waals surface area contributed by atoms with E-state index in [2.05, 4.69) is 12.3 Å². The summed E-state index contributed by atoms with van der Waals surface area (Å²) in [5.74, 6) is -0.00539. The first-order valence-corrected chi connectivity index (χ1v) is 6.75. The lowest BCUT2D eigenvalue weighted by Gasteiger charge is -2.30. The number of aryl methyl sites for hydroxylation is 1. The number of nitrogens with zero attached hydrogens (tertiary/aromatic N) is 1. The Morgan fingerprint density at radius 3 is 2.53 bits per heavy atom. The average molecular weight is 262 g/mol. The highest BCUT2D eigenvalue weighted by Crippen LogP contribution is 2.34. The molecule has 104 valence electrons. The maximum Gasteiger partial charge on any atom is 0.248 e. The molecule has 0 spiro atoms. The molecule has 0 aliphatic carbocycles. The second-order valence-corrected chi connectivity index (χ2v) is 5.59. The van der Waals surface area contributed by atoms with E-state index >= 15 is 0 Å². The highest BCUT2D eigenvalue weighted by atomic mass is 16.5. The summed E-state index contributed by atoms with van der Waals surface area (Å²) >= 11 is 0. The van der Waals surface area contributed by atoms with Crippen LogP contribution in [0.2, 0.25) is 0 Å². The number of anilines is 1. The van der Waals surface area contributed by atoms with Gasteiger partial charge < -0.3 is 4.74 Å². The van der Waals surface area contributed by atoms with E-state index in [1.807, 2.05) is 50.0 Å². The third-order valence-corrected chi connectivity index (χ3v) is 3.45. The Labute approximate surface area is 114 Å². The van der Waals surface area contributed by atoms with Crippen molar-refractivity contribution in [1.29, 1.82) is 0 Å². The molecule has 0 radical (unpaired) electrons. The molecule has 19 heavy (non-hydrogen) atoms. The highest BCUT2D eigenvalue weighted by Gasteiger charge is 2.48. The zero-order valence-electron chi connectivity index (χ0n) is 12.1. The Morgan fingerprint density at radius 2 is 1.95 bits per heavy atom. The van der Waals surface area contributed by atoms with Crippen molar-refractivity contribution in [3.05, 3.63) is 29.8 Å². The Kier molecular flexibility index (Phi) is 3.80. The Morgan fingerprint density at radius 1 is 1.32 bits per heavy atom. The van der Waals surface area contributed by atoms with Gasteiger partial charge in [0, 0.05) is 6.61 Å². The van der Waals surface area contributed by atoms with Gasteiger partial charge in [0.1, 0.15) is 0 Å². The van der Waals surface area contributed by atoms with Crippen LogP contribution < -0.4 is 10.4 Å². The lowest BCUT2D eigenvalue weighted by Crippen LogP contribution is -2.42. The first kappa shape index (κ1) is 13.9. The summed E-state index contributed by atoms with van der Waals surface area (Å²) in [6.45, 7) is 8.58. The van der Waals surface area contributed by atoms with Gasteiger partial charge >= 0.3 is 0 Å². The van der Waals surface area contributed by atoms with Crippen molar-refractivity contribution >= 4 is 11.6 Å². The molecule has 4 heteroatoms. The smallest absolute Gasteiger partial charge is 0.248 e. The van der Waals surface area contributed by atoms with Gasteiger partial charge in [-0.2, -0.15) is 0 Å². The first-order valence-electron chi connectivity index (χ1n) is 6.75. The predicted molar refractivity (Wildman–Crippen MR) is 75.6 cm³/mol. The molecular weight excluding hydrogens is 240 g/mol. The van der Waals surface area contributed by atoms with Crippen LogP contribution in [-0.4, -0.2) is 18.7 Å². The van der Waals surface area contributed by atoms with E-state index in [4.69, 9.17) is 4.74 Å². The van der Waals surface area contributed by atoms with Crippen LogP contribution in [0.5, 0.6) is 0 Å². The maximum absolute atomic E-state index is 12.1. The summed E-state index contributed by atoms with van der Waals surface area (Å²) in [6, 6.07) is 8.06. The topological polar surface area (TPSA) is 41.6 Å². The fraction of sp³-hybridized carbons (Fsp3) is 0.533. The number of hydrogen-bond donors (Lipinski definition) is 1. The van der Waals surface area contributed by atoms with Gasteiger partial charge in [0.05, 0.1) is 11.1 Å². The second kappa shape index (κ2) is 5.21. The molecule has 1 unspecified atom stereocenters. The fourth-order valence-corrected chi connectivity index (χ4v) is 2.16. The molecule has 1 N–H and O–H groups in total. The summed E-state index contributed by atoms with van der Waals surface area (Å²) in [6.07, 6.45) is 0.658. The van der Waals surface area contributed by atoms with Crippen molar-refractivity contribution in [1.82, 2.24) is 5.43 Å². The number of ether oxygens (including phenoxy) is 1. The van der Waals surface area contributed by atoms with Gasteiger partial charge in [-0.3, -0.25) is 15.2 Å². The molecule has 4 nitrogen and oxygen atoms in total. The number of carbonyl (C=O) groups excluding carboxylic acids is 1. The molecule has 1 aromatic carbocycles. The van der Waals surface area contributed by atoms with Crippen LogP contribution in [0.25, 0.3) is 0 Å². The molecule has 0 saturated carbocycles. The Hall–Kier alpha value is -1.55. The molecule has 1 aromatic rings. The molecule has 0 bridgehead atoms. The number of benzene rings is 1. The molecule has 1 saturated heterocycles. The molecule has 1 amide bonds. The molecule has 2 rings (SSSR count). The van der Waals surface area contributed by atoms with E-state index in [-0.39, 0.29) is 12.1 Å². The molecule has 0 aromatic heterocycles. The zero-order chi connectivity index (χ0) is 14.0. The molecule has 1 aliphatic heterocycles. The summed E-state index contributed by atoms with van der Waals surface area (Å²) < 4.78 is 5.88. The van der Waals surface area contributed by atoms with E-state index in [1.54, 1.807) is 0 Å². The zero-order valence-corrected chi connectivity index (χ0v) is 12.1. The normalized spacial score (nSPS) is 21.6. The van der Waals surface area contributed by atoms with Crippen LogP contribution in [0.4, 0.5) is 5.69 Å². The fourth-order valence-electron chi connectivity index (χ4n) is 2.16. The van der Waals surface area contributed by atoms with Crippen molar-refractivity contribution in [3.63, 3.8) is 0 Å². The van der Waals surface area contributed by atoms with E-state index in [0.29, 0.717) is 6.61 Å². The quantitative estimate of drug-likeness (QED) is 0.907. The van der Waals surface area contributed by atoms with E-state index in [9.17, 15) is 4.79 Å². The molecular formula is C15H22N2O2. The number of nitrogens with one attached hydrogen (secondary N) is 1. The minimum absolute atomic E-state index is 0.00539. The molecule has 1 aliphatic rings. The van der Waals surface area contributed by atoms with Gasteiger partial charge in [-0.25, -0.2) is 0 Å². The van der Waals surface area contributed by atoms with Gasteiger partial charge in [0.15, 0.2) is 6.23 Å². The van der Waals surface area contributed by atoms with Crippen LogP contribution in [0.3, 0.4) is 0 Å². The number of amides is 1. The molecule has 1 heterocycles. The summed E-state index contributed by atoms with van der Waals surface area (Å²) in [5.41, 5.74) is 4.50. The van der Waals surface area contributed by atoms with E-state index < -0.39 is 5.41 Å². The SMILES string of the molecule is CCCOC1N(c2ccc(C)cc2)NC(=O)C1(C)C. The monoisotopic (exact) mass is 262 g/mol. The minimum atomic E-state index is -0.555. The van der Waals surface area contributed by atoms with Gasteiger partial charge in [0.2, 0.25) is 5.91 Å². The van der Waals surface area contributed by atoms with Crippen molar-refractivity contribution in [2.24, 2.45) is 5.41 Å². The van der Waals surface area contributed by atoms with Crippen molar-refractivity contribution in [3.8, 4) is 0 Å². The minimum Gasteiger partial charge on any atom is -0.355 e. The number of hydrazine groups is 1. The summed E-state index contributed by atoms with van der Waals surface area (Å²) in [4.78, 5) is 12.1. The highest BCUT2D eigenvalue weighted by molar-refractivity contribution is 5.87. The number of hydrogen-bond acceptors (Lipinski definition) is 3. The predicted octanol–water partition coefficient (Wildman–Crippen LogP) is 2.63. The van der Waals surface area contributed by atoms with Gasteiger partial charge in [-0.15, -0.1) is 0 Å². The third-order valence-electron chi connectivity index (χ3n) is 3.45.